The third kappa shape index (κ3) is 5.59. The van der Waals surface area contributed by atoms with Gasteiger partial charge in [-0.25, -0.2) is 0 Å². The van der Waals surface area contributed by atoms with E-state index in [9.17, 15) is 0 Å². The van der Waals surface area contributed by atoms with Crippen molar-refractivity contribution in [3.63, 3.8) is 0 Å². The quantitative estimate of drug-likeness (QED) is 0.790. The Morgan fingerprint density at radius 2 is 1.85 bits per heavy atom. The summed E-state index contributed by atoms with van der Waals surface area (Å²) in [6, 6.07) is 0.385. The molecule has 1 aromatic rings. The lowest BCUT2D eigenvalue weighted by Gasteiger charge is -2.17. The van der Waals surface area contributed by atoms with Crippen molar-refractivity contribution in [2.45, 2.75) is 46.6 Å². The second-order valence-electron chi connectivity index (χ2n) is 5.62. The molecule has 0 saturated carbocycles. The minimum absolute atomic E-state index is 0.0893. The van der Waals surface area contributed by atoms with Crippen molar-refractivity contribution < 1.29 is 4.74 Å². The molecule has 0 spiro atoms. The van der Waals surface area contributed by atoms with Gasteiger partial charge in [-0.15, -0.1) is 0 Å². The van der Waals surface area contributed by atoms with Crippen molar-refractivity contribution >= 4 is 11.9 Å². The summed E-state index contributed by atoms with van der Waals surface area (Å²) in [5.74, 6) is 1.75. The summed E-state index contributed by atoms with van der Waals surface area (Å²) in [5.41, 5.74) is 0. The first-order chi connectivity index (χ1) is 9.42. The van der Waals surface area contributed by atoms with E-state index in [-0.39, 0.29) is 6.10 Å². The molecule has 1 rings (SSSR count). The Hall–Kier alpha value is -1.59. The average Bonchev–Trinajstić information content (AvgIpc) is 2.34. The van der Waals surface area contributed by atoms with Gasteiger partial charge in [-0.3, -0.25) is 0 Å². The molecule has 1 aromatic heterocycles. The maximum Gasteiger partial charge on any atom is 0.323 e. The van der Waals surface area contributed by atoms with Crippen LogP contribution in [0.15, 0.2) is 0 Å². The van der Waals surface area contributed by atoms with Gasteiger partial charge in [-0.1, -0.05) is 20.8 Å². The maximum atomic E-state index is 5.81. The number of aromatic nitrogens is 3. The lowest BCUT2D eigenvalue weighted by Crippen LogP contribution is -2.20. The van der Waals surface area contributed by atoms with Crippen molar-refractivity contribution in [1.29, 1.82) is 0 Å². The summed E-state index contributed by atoms with van der Waals surface area (Å²) in [6.45, 7) is 9.32. The van der Waals surface area contributed by atoms with E-state index in [1.165, 1.54) is 0 Å². The third-order valence-corrected chi connectivity index (χ3v) is 2.65. The molecule has 0 aliphatic rings. The van der Waals surface area contributed by atoms with Crippen LogP contribution in [0.4, 0.5) is 11.9 Å². The van der Waals surface area contributed by atoms with E-state index in [2.05, 4.69) is 41.0 Å². The highest BCUT2D eigenvalue weighted by molar-refractivity contribution is 5.36. The van der Waals surface area contributed by atoms with Crippen LogP contribution in [0.25, 0.3) is 0 Å². The van der Waals surface area contributed by atoms with E-state index >= 15 is 0 Å². The molecule has 1 N–H and O–H groups in total. The fourth-order valence-electron chi connectivity index (χ4n) is 1.81. The van der Waals surface area contributed by atoms with Gasteiger partial charge < -0.3 is 15.0 Å². The second-order valence-corrected chi connectivity index (χ2v) is 5.62. The van der Waals surface area contributed by atoms with Gasteiger partial charge in [-0.2, -0.15) is 15.0 Å². The third-order valence-electron chi connectivity index (χ3n) is 2.65. The molecule has 6 heteroatoms. The summed E-state index contributed by atoms with van der Waals surface area (Å²) < 4.78 is 5.81. The summed E-state index contributed by atoms with van der Waals surface area (Å²) in [6.07, 6.45) is 2.08. The second kappa shape index (κ2) is 7.87. The number of rotatable bonds is 8. The normalized spacial score (nSPS) is 12.3. The predicted molar refractivity (Wildman–Crippen MR) is 82.5 cm³/mol. The number of hydrogen-bond acceptors (Lipinski definition) is 6. The van der Waals surface area contributed by atoms with E-state index < -0.39 is 0 Å². The highest BCUT2D eigenvalue weighted by Gasteiger charge is 2.13. The first-order valence-corrected chi connectivity index (χ1v) is 7.26. The molecule has 6 nitrogen and oxygen atoms in total. The summed E-state index contributed by atoms with van der Waals surface area (Å²) >= 11 is 0. The first-order valence-electron chi connectivity index (χ1n) is 7.26. The van der Waals surface area contributed by atoms with Crippen LogP contribution in [0.2, 0.25) is 0 Å². The van der Waals surface area contributed by atoms with E-state index in [1.807, 2.05) is 25.9 Å². The number of anilines is 2. The van der Waals surface area contributed by atoms with Gasteiger partial charge >= 0.3 is 6.01 Å². The van der Waals surface area contributed by atoms with E-state index in [0.29, 0.717) is 23.8 Å². The van der Waals surface area contributed by atoms with Gasteiger partial charge in [0.05, 0.1) is 6.10 Å². The fraction of sp³-hybridized carbons (Fsp3) is 0.786. The average molecular weight is 281 g/mol. The smallest absolute Gasteiger partial charge is 0.323 e. The van der Waals surface area contributed by atoms with Crippen LogP contribution < -0.4 is 15.0 Å². The van der Waals surface area contributed by atoms with Crippen molar-refractivity contribution in [2.24, 2.45) is 5.92 Å². The molecule has 20 heavy (non-hydrogen) atoms. The van der Waals surface area contributed by atoms with Gasteiger partial charge in [0, 0.05) is 20.6 Å². The number of ether oxygens (including phenoxy) is 1. The van der Waals surface area contributed by atoms with Crippen molar-refractivity contribution in [3.8, 4) is 6.01 Å². The zero-order chi connectivity index (χ0) is 15.1. The van der Waals surface area contributed by atoms with Gasteiger partial charge in [0.2, 0.25) is 11.9 Å². The SMILES string of the molecule is CCCNc1nc(OC(C)CC(C)C)nc(N(C)C)n1. The molecule has 0 aromatic carbocycles. The Morgan fingerprint density at radius 3 is 2.40 bits per heavy atom. The van der Waals surface area contributed by atoms with E-state index in [1.54, 1.807) is 0 Å². The topological polar surface area (TPSA) is 63.2 Å². The molecular formula is C14H27N5O. The van der Waals surface area contributed by atoms with Crippen LogP contribution in [0.3, 0.4) is 0 Å². The molecule has 1 unspecified atom stereocenters. The summed E-state index contributed by atoms with van der Waals surface area (Å²) in [4.78, 5) is 14.8. The standard InChI is InChI=1S/C14H27N5O/c1-7-8-15-12-16-13(19(5)6)18-14(17-12)20-11(4)9-10(2)3/h10-11H,7-9H2,1-6H3,(H,15,16,17,18). The van der Waals surface area contributed by atoms with E-state index in [4.69, 9.17) is 4.74 Å². The fourth-order valence-corrected chi connectivity index (χ4v) is 1.81. The van der Waals surface area contributed by atoms with Gasteiger partial charge in [0.1, 0.15) is 0 Å². The zero-order valence-corrected chi connectivity index (χ0v) is 13.5. The molecule has 1 heterocycles. The maximum absolute atomic E-state index is 5.81. The summed E-state index contributed by atoms with van der Waals surface area (Å²) in [5, 5.41) is 3.18. The molecule has 0 saturated heterocycles. The molecule has 0 aliphatic carbocycles. The molecule has 114 valence electrons. The van der Waals surface area contributed by atoms with E-state index in [0.717, 1.165) is 19.4 Å². The van der Waals surface area contributed by atoms with Gasteiger partial charge in [0.15, 0.2) is 0 Å². The summed E-state index contributed by atoms with van der Waals surface area (Å²) in [7, 11) is 3.81. The Balaban J connectivity index is 2.85. The molecule has 0 amide bonds. The van der Waals surface area contributed by atoms with Crippen molar-refractivity contribution in [2.75, 3.05) is 30.9 Å². The zero-order valence-electron chi connectivity index (χ0n) is 13.5. The van der Waals surface area contributed by atoms with Crippen LogP contribution in [-0.4, -0.2) is 41.7 Å². The molecule has 1 atom stereocenters. The van der Waals surface area contributed by atoms with Crippen LogP contribution in [0.5, 0.6) is 6.01 Å². The molecule has 0 bridgehead atoms. The largest absolute Gasteiger partial charge is 0.460 e. The molecular weight excluding hydrogens is 254 g/mol. The van der Waals surface area contributed by atoms with Crippen LogP contribution >= 0.6 is 0 Å². The van der Waals surface area contributed by atoms with Gasteiger partial charge in [-0.05, 0) is 25.7 Å². The lowest BCUT2D eigenvalue weighted by atomic mass is 10.1. The number of nitrogens with one attached hydrogen (secondary N) is 1. The monoisotopic (exact) mass is 281 g/mol. The molecule has 0 aliphatic heterocycles. The highest BCUT2D eigenvalue weighted by Crippen LogP contribution is 2.16. The predicted octanol–water partition coefficient (Wildman–Crippen LogP) is 2.57. The molecule has 0 radical (unpaired) electrons. The Bertz CT molecular complexity index is 409. The van der Waals surface area contributed by atoms with Crippen LogP contribution in [-0.2, 0) is 0 Å². The number of hydrogen-bond donors (Lipinski definition) is 1. The van der Waals surface area contributed by atoms with Crippen LogP contribution in [0, 0.1) is 5.92 Å². The van der Waals surface area contributed by atoms with Crippen LogP contribution in [0.1, 0.15) is 40.5 Å². The van der Waals surface area contributed by atoms with Crippen molar-refractivity contribution in [3.05, 3.63) is 0 Å². The van der Waals surface area contributed by atoms with Gasteiger partial charge in [0.25, 0.3) is 0 Å². The first kappa shape index (κ1) is 16.5. The Labute approximate surface area is 122 Å². The van der Waals surface area contributed by atoms with Crippen molar-refractivity contribution in [1.82, 2.24) is 15.0 Å². The Morgan fingerprint density at radius 1 is 1.15 bits per heavy atom. The highest BCUT2D eigenvalue weighted by atomic mass is 16.5. The molecule has 0 fully saturated rings. The lowest BCUT2D eigenvalue weighted by molar-refractivity contribution is 0.177. The minimum Gasteiger partial charge on any atom is -0.460 e. The number of nitrogens with zero attached hydrogens (tertiary/aromatic N) is 4. The minimum atomic E-state index is 0.0893. The Kier molecular flexibility index (Phi) is 6.48.